The minimum absolute atomic E-state index is 0.555. The van der Waals surface area contributed by atoms with Crippen LogP contribution in [0.3, 0.4) is 0 Å². The summed E-state index contributed by atoms with van der Waals surface area (Å²) in [4.78, 5) is 19.3. The Bertz CT molecular complexity index is 960. The quantitative estimate of drug-likeness (QED) is 0.798. The molecule has 7 nitrogen and oxygen atoms in total. The number of allylic oxidation sites excluding steroid dienone is 3. The van der Waals surface area contributed by atoms with E-state index in [4.69, 9.17) is 10.5 Å². The molecule has 2 aliphatic carbocycles. The van der Waals surface area contributed by atoms with Gasteiger partial charge in [0.2, 0.25) is 5.88 Å². The van der Waals surface area contributed by atoms with E-state index in [1.165, 1.54) is 48.3 Å². The second-order valence-electron chi connectivity index (χ2n) is 8.02. The number of thiazole rings is 1. The Labute approximate surface area is 181 Å². The number of nitrogens with zero attached hydrogens (tertiary/aromatic N) is 5. The first kappa shape index (κ1) is 19.4. The minimum atomic E-state index is 0.555. The van der Waals surface area contributed by atoms with Gasteiger partial charge in [0.25, 0.3) is 0 Å². The molecule has 0 saturated carbocycles. The number of aromatic nitrogens is 3. The van der Waals surface area contributed by atoms with Gasteiger partial charge in [-0.3, -0.25) is 0 Å². The number of fused-ring (bicyclic) bond motifs is 1. The van der Waals surface area contributed by atoms with Gasteiger partial charge >= 0.3 is 0 Å². The van der Waals surface area contributed by atoms with Crippen molar-refractivity contribution in [2.45, 2.75) is 44.9 Å². The van der Waals surface area contributed by atoms with Crippen LogP contribution < -0.4 is 15.4 Å². The van der Waals surface area contributed by atoms with Crippen LogP contribution >= 0.6 is 11.3 Å². The van der Waals surface area contributed by atoms with Gasteiger partial charge in [0, 0.05) is 42.8 Å². The summed E-state index contributed by atoms with van der Waals surface area (Å²) >= 11 is 1.54. The second-order valence-corrected chi connectivity index (χ2v) is 9.13. The fraction of sp³-hybridized carbons (Fsp3) is 0.500. The van der Waals surface area contributed by atoms with Crippen LogP contribution in [0.1, 0.15) is 49.1 Å². The average molecular weight is 425 g/mol. The average Bonchev–Trinajstić information content (AvgIpc) is 2.97. The third kappa shape index (κ3) is 4.14. The number of rotatable bonds is 4. The summed E-state index contributed by atoms with van der Waals surface area (Å²) < 4.78 is 6.11. The molecule has 2 aromatic rings. The molecule has 5 rings (SSSR count). The van der Waals surface area contributed by atoms with Crippen LogP contribution in [0.5, 0.6) is 5.88 Å². The molecule has 2 aromatic heterocycles. The molecule has 2 N–H and O–H groups in total. The van der Waals surface area contributed by atoms with Gasteiger partial charge in [-0.2, -0.15) is 0 Å². The van der Waals surface area contributed by atoms with Crippen LogP contribution in [0.15, 0.2) is 30.2 Å². The molecule has 0 spiro atoms. The zero-order valence-electron chi connectivity index (χ0n) is 17.2. The molecular formula is C22H28N6OS. The highest BCUT2D eigenvalue weighted by atomic mass is 32.1. The molecule has 1 aliphatic heterocycles. The molecule has 3 heterocycles. The molecule has 0 radical (unpaired) electrons. The number of nitrogen functional groups attached to an aromatic ring is 1. The van der Waals surface area contributed by atoms with E-state index in [0.717, 1.165) is 56.3 Å². The number of aryl methyl sites for hydroxylation is 1. The molecule has 158 valence electrons. The standard InChI is InChI=1S/C22H28N6OS/c23-22-26-21-17(8-5-9-18(21)30-22)29-20-14-19(24-15-25-20)28-12-10-27(11-13-28)16-6-3-1-2-4-7-16/h6,8,14-15H,1-5,7,9-13H2,(H2,23,26). The zero-order chi connectivity index (χ0) is 20.3. The van der Waals surface area contributed by atoms with Crippen LogP contribution in [-0.2, 0) is 6.42 Å². The molecule has 1 saturated heterocycles. The highest BCUT2D eigenvalue weighted by Crippen LogP contribution is 2.33. The van der Waals surface area contributed by atoms with Crippen molar-refractivity contribution >= 4 is 28.0 Å². The zero-order valence-corrected chi connectivity index (χ0v) is 18.0. The number of piperazine rings is 1. The lowest BCUT2D eigenvalue weighted by Gasteiger charge is -2.38. The maximum absolute atomic E-state index is 6.11. The van der Waals surface area contributed by atoms with Crippen LogP contribution in [-0.4, -0.2) is 46.0 Å². The number of hydrogen-bond donors (Lipinski definition) is 1. The van der Waals surface area contributed by atoms with Crippen molar-refractivity contribution in [1.29, 1.82) is 0 Å². The topological polar surface area (TPSA) is 80.4 Å². The fourth-order valence-corrected chi connectivity index (χ4v) is 5.28. The van der Waals surface area contributed by atoms with Crippen LogP contribution in [0.2, 0.25) is 0 Å². The smallest absolute Gasteiger partial charge is 0.224 e. The summed E-state index contributed by atoms with van der Waals surface area (Å²) in [5, 5.41) is 0.585. The molecule has 30 heavy (non-hydrogen) atoms. The van der Waals surface area contributed by atoms with E-state index in [1.807, 2.05) is 6.07 Å². The van der Waals surface area contributed by atoms with Gasteiger partial charge in [-0.05, 0) is 44.6 Å². The third-order valence-electron chi connectivity index (χ3n) is 6.02. The van der Waals surface area contributed by atoms with Gasteiger partial charge in [0.15, 0.2) is 10.9 Å². The molecule has 0 amide bonds. The molecule has 3 aliphatic rings. The van der Waals surface area contributed by atoms with Crippen LogP contribution in [0.4, 0.5) is 10.9 Å². The Morgan fingerprint density at radius 3 is 2.70 bits per heavy atom. The Morgan fingerprint density at radius 2 is 1.80 bits per heavy atom. The van der Waals surface area contributed by atoms with Crippen molar-refractivity contribution in [2.24, 2.45) is 0 Å². The van der Waals surface area contributed by atoms with Gasteiger partial charge in [-0.25, -0.2) is 15.0 Å². The molecule has 8 heteroatoms. The molecule has 0 bridgehead atoms. The van der Waals surface area contributed by atoms with Crippen LogP contribution in [0, 0.1) is 0 Å². The Kier molecular flexibility index (Phi) is 5.57. The van der Waals surface area contributed by atoms with Crippen molar-refractivity contribution in [2.75, 3.05) is 36.8 Å². The third-order valence-corrected chi connectivity index (χ3v) is 6.96. The SMILES string of the molecule is Nc1nc2c(s1)CCC=C2Oc1cc(N2CCN(C3=CCCCCC3)CC2)ncn1. The van der Waals surface area contributed by atoms with Crippen LogP contribution in [0.25, 0.3) is 5.76 Å². The Balaban J connectivity index is 1.25. The Morgan fingerprint density at radius 1 is 0.933 bits per heavy atom. The van der Waals surface area contributed by atoms with E-state index in [-0.39, 0.29) is 0 Å². The summed E-state index contributed by atoms with van der Waals surface area (Å²) in [7, 11) is 0. The summed E-state index contributed by atoms with van der Waals surface area (Å²) in [6.07, 6.45) is 14.5. The van der Waals surface area contributed by atoms with E-state index in [9.17, 15) is 0 Å². The first-order chi connectivity index (χ1) is 14.8. The lowest BCUT2D eigenvalue weighted by atomic mass is 10.1. The molecule has 0 aromatic carbocycles. The van der Waals surface area contributed by atoms with Crippen molar-refractivity contribution in [3.63, 3.8) is 0 Å². The van der Waals surface area contributed by atoms with Crippen molar-refractivity contribution in [1.82, 2.24) is 19.9 Å². The van der Waals surface area contributed by atoms with Gasteiger partial charge in [-0.15, -0.1) is 11.3 Å². The van der Waals surface area contributed by atoms with E-state index in [2.05, 4.69) is 36.9 Å². The number of ether oxygens (including phenoxy) is 1. The predicted molar refractivity (Wildman–Crippen MR) is 120 cm³/mol. The Hall–Kier alpha value is -2.61. The number of nitrogens with two attached hydrogens (primary N) is 1. The van der Waals surface area contributed by atoms with Gasteiger partial charge in [-0.1, -0.05) is 12.5 Å². The minimum Gasteiger partial charge on any atom is -0.437 e. The lowest BCUT2D eigenvalue weighted by Crippen LogP contribution is -2.46. The fourth-order valence-electron chi connectivity index (χ4n) is 4.43. The first-order valence-corrected chi connectivity index (χ1v) is 11.7. The molecule has 0 atom stereocenters. The highest BCUT2D eigenvalue weighted by molar-refractivity contribution is 7.15. The van der Waals surface area contributed by atoms with E-state index >= 15 is 0 Å². The lowest BCUT2D eigenvalue weighted by molar-refractivity contribution is 0.308. The van der Waals surface area contributed by atoms with E-state index < -0.39 is 0 Å². The second kappa shape index (κ2) is 8.63. The van der Waals surface area contributed by atoms with Gasteiger partial charge in [0.05, 0.1) is 0 Å². The maximum Gasteiger partial charge on any atom is 0.224 e. The summed E-state index contributed by atoms with van der Waals surface area (Å²) in [5.74, 6) is 2.22. The van der Waals surface area contributed by atoms with Crippen molar-refractivity contribution in [3.8, 4) is 5.88 Å². The van der Waals surface area contributed by atoms with Gasteiger partial charge < -0.3 is 20.3 Å². The monoisotopic (exact) mass is 424 g/mol. The molecule has 0 unspecified atom stereocenters. The van der Waals surface area contributed by atoms with E-state index in [0.29, 0.717) is 11.0 Å². The number of anilines is 2. The molecule has 1 fully saturated rings. The summed E-state index contributed by atoms with van der Waals surface area (Å²) in [5.41, 5.74) is 8.29. The first-order valence-electron chi connectivity index (χ1n) is 10.9. The summed E-state index contributed by atoms with van der Waals surface area (Å²) in [6.45, 7) is 4.00. The maximum atomic E-state index is 6.11. The number of hydrogen-bond acceptors (Lipinski definition) is 8. The predicted octanol–water partition coefficient (Wildman–Crippen LogP) is 3.85. The summed E-state index contributed by atoms with van der Waals surface area (Å²) in [6, 6.07) is 1.94. The highest BCUT2D eigenvalue weighted by Gasteiger charge is 2.22. The van der Waals surface area contributed by atoms with Crippen molar-refractivity contribution < 1.29 is 4.74 Å². The van der Waals surface area contributed by atoms with E-state index in [1.54, 1.807) is 12.0 Å². The molecular weight excluding hydrogens is 396 g/mol. The largest absolute Gasteiger partial charge is 0.437 e. The normalized spacial score (nSPS) is 19.6. The van der Waals surface area contributed by atoms with Crippen molar-refractivity contribution in [3.05, 3.63) is 40.8 Å². The van der Waals surface area contributed by atoms with Gasteiger partial charge in [0.1, 0.15) is 17.8 Å².